The molecule has 3 fully saturated rings. The summed E-state index contributed by atoms with van der Waals surface area (Å²) in [7, 11) is 0. The van der Waals surface area contributed by atoms with E-state index in [0.717, 1.165) is 19.4 Å². The molecule has 2 N–H and O–H groups in total. The van der Waals surface area contributed by atoms with Crippen molar-refractivity contribution >= 4 is 5.97 Å². The minimum atomic E-state index is -0.746. The smallest absolute Gasteiger partial charge is 0.323 e. The van der Waals surface area contributed by atoms with Crippen molar-refractivity contribution in [2.45, 2.75) is 76.3 Å². The topological polar surface area (TPSA) is 52.6 Å². The number of hydrogen-bond acceptors (Lipinski definition) is 3. The molecule has 0 aromatic heterocycles. The fraction of sp³-hybridized carbons (Fsp3) is 0.941. The van der Waals surface area contributed by atoms with Gasteiger partial charge in [0.15, 0.2) is 0 Å². The lowest BCUT2D eigenvalue weighted by Gasteiger charge is -2.40. The third-order valence-electron chi connectivity index (χ3n) is 6.08. The number of piperidine rings is 1. The second-order valence-electron chi connectivity index (χ2n) is 7.85. The van der Waals surface area contributed by atoms with Gasteiger partial charge in [0, 0.05) is 12.6 Å². The van der Waals surface area contributed by atoms with E-state index in [-0.39, 0.29) is 0 Å². The van der Waals surface area contributed by atoms with Gasteiger partial charge in [-0.25, -0.2) is 0 Å². The predicted molar refractivity (Wildman–Crippen MR) is 83.4 cm³/mol. The third-order valence-corrected chi connectivity index (χ3v) is 6.08. The van der Waals surface area contributed by atoms with Crippen LogP contribution < -0.4 is 5.32 Å². The van der Waals surface area contributed by atoms with Crippen LogP contribution in [0.2, 0.25) is 0 Å². The molecule has 1 atom stereocenters. The first-order valence-electron chi connectivity index (χ1n) is 8.75. The monoisotopic (exact) mass is 294 g/mol. The van der Waals surface area contributed by atoms with Crippen molar-refractivity contribution in [2.75, 3.05) is 19.6 Å². The standard InChI is InChI=1S/C17H30N2O2/c1-16(15(20)21,18-14-4-5-14)8-11-19-12-9-17(10-13-19)6-2-3-7-17/h14,18H,2-13H2,1H3,(H,20,21). The average Bonchev–Trinajstić information content (AvgIpc) is 3.16. The molecule has 1 spiro atoms. The Bertz CT molecular complexity index is 378. The highest BCUT2D eigenvalue weighted by atomic mass is 16.4. The van der Waals surface area contributed by atoms with Gasteiger partial charge < -0.3 is 10.0 Å². The van der Waals surface area contributed by atoms with Crippen LogP contribution in [0.1, 0.15) is 64.7 Å². The molecule has 1 saturated heterocycles. The molecule has 4 nitrogen and oxygen atoms in total. The van der Waals surface area contributed by atoms with Gasteiger partial charge in [0.05, 0.1) is 0 Å². The van der Waals surface area contributed by atoms with Gasteiger partial charge in [-0.15, -0.1) is 0 Å². The van der Waals surface area contributed by atoms with Crippen LogP contribution in [0.25, 0.3) is 0 Å². The highest BCUT2D eigenvalue weighted by Crippen LogP contribution is 2.46. The van der Waals surface area contributed by atoms with Crippen molar-refractivity contribution in [1.82, 2.24) is 10.2 Å². The molecule has 1 heterocycles. The fourth-order valence-corrected chi connectivity index (χ4v) is 4.18. The van der Waals surface area contributed by atoms with Gasteiger partial charge in [-0.2, -0.15) is 0 Å². The summed E-state index contributed by atoms with van der Waals surface area (Å²) in [5.41, 5.74) is -0.0947. The number of likely N-dealkylation sites (tertiary alicyclic amines) is 1. The van der Waals surface area contributed by atoms with Crippen LogP contribution in [0.15, 0.2) is 0 Å². The number of rotatable bonds is 6. The maximum absolute atomic E-state index is 11.6. The minimum absolute atomic E-state index is 0.439. The lowest BCUT2D eigenvalue weighted by Crippen LogP contribution is -2.53. The van der Waals surface area contributed by atoms with E-state index in [2.05, 4.69) is 10.2 Å². The normalized spacial score (nSPS) is 28.6. The van der Waals surface area contributed by atoms with Crippen LogP contribution in [0.4, 0.5) is 0 Å². The highest BCUT2D eigenvalue weighted by molar-refractivity contribution is 5.78. The summed E-state index contributed by atoms with van der Waals surface area (Å²) in [6.07, 6.45) is 11.3. The molecule has 3 aliphatic rings. The van der Waals surface area contributed by atoms with Gasteiger partial charge in [-0.05, 0) is 70.4 Å². The van der Waals surface area contributed by atoms with Crippen LogP contribution in [0, 0.1) is 5.41 Å². The average molecular weight is 294 g/mol. The van der Waals surface area contributed by atoms with Crippen molar-refractivity contribution in [2.24, 2.45) is 5.41 Å². The van der Waals surface area contributed by atoms with Crippen molar-refractivity contribution in [1.29, 1.82) is 0 Å². The van der Waals surface area contributed by atoms with E-state index in [1.807, 2.05) is 6.92 Å². The van der Waals surface area contributed by atoms with Gasteiger partial charge >= 0.3 is 5.97 Å². The molecule has 21 heavy (non-hydrogen) atoms. The van der Waals surface area contributed by atoms with Crippen LogP contribution in [0.3, 0.4) is 0 Å². The zero-order valence-corrected chi connectivity index (χ0v) is 13.4. The molecule has 2 saturated carbocycles. The van der Waals surface area contributed by atoms with Gasteiger partial charge in [-0.3, -0.25) is 10.1 Å². The van der Waals surface area contributed by atoms with E-state index in [9.17, 15) is 9.90 Å². The molecule has 0 amide bonds. The van der Waals surface area contributed by atoms with E-state index in [1.54, 1.807) is 0 Å². The van der Waals surface area contributed by atoms with Gasteiger partial charge in [0.1, 0.15) is 5.54 Å². The summed E-state index contributed by atoms with van der Waals surface area (Å²) < 4.78 is 0. The molecule has 0 aromatic carbocycles. The first kappa shape index (κ1) is 15.3. The quantitative estimate of drug-likeness (QED) is 0.791. The highest BCUT2D eigenvalue weighted by Gasteiger charge is 2.40. The molecule has 3 rings (SSSR count). The summed E-state index contributed by atoms with van der Waals surface area (Å²) in [6, 6.07) is 0.439. The number of carbonyl (C=O) groups is 1. The lowest BCUT2D eigenvalue weighted by molar-refractivity contribution is -0.144. The molecule has 0 bridgehead atoms. The summed E-state index contributed by atoms with van der Waals surface area (Å²) in [6.45, 7) is 5.10. The molecule has 2 aliphatic carbocycles. The second-order valence-corrected chi connectivity index (χ2v) is 7.85. The number of aliphatic carboxylic acids is 1. The van der Waals surface area contributed by atoms with E-state index >= 15 is 0 Å². The van der Waals surface area contributed by atoms with Crippen molar-refractivity contribution < 1.29 is 9.90 Å². The van der Waals surface area contributed by atoms with Crippen molar-refractivity contribution in [3.63, 3.8) is 0 Å². The lowest BCUT2D eigenvalue weighted by atomic mass is 9.77. The Hall–Kier alpha value is -0.610. The minimum Gasteiger partial charge on any atom is -0.480 e. The molecule has 1 unspecified atom stereocenters. The zero-order chi connectivity index (χ0) is 14.9. The van der Waals surface area contributed by atoms with Crippen LogP contribution in [0.5, 0.6) is 0 Å². The van der Waals surface area contributed by atoms with E-state index in [4.69, 9.17) is 0 Å². The Morgan fingerprint density at radius 3 is 2.38 bits per heavy atom. The number of carboxylic acid groups (broad SMARTS) is 1. The molecule has 1 aliphatic heterocycles. The van der Waals surface area contributed by atoms with Crippen LogP contribution >= 0.6 is 0 Å². The fourth-order valence-electron chi connectivity index (χ4n) is 4.18. The predicted octanol–water partition coefficient (Wildman–Crippen LogP) is 2.63. The van der Waals surface area contributed by atoms with Crippen molar-refractivity contribution in [3.8, 4) is 0 Å². The maximum Gasteiger partial charge on any atom is 0.323 e. The van der Waals surface area contributed by atoms with E-state index in [1.165, 1.54) is 51.6 Å². The molecule has 120 valence electrons. The summed E-state index contributed by atoms with van der Waals surface area (Å²) in [4.78, 5) is 14.1. The van der Waals surface area contributed by atoms with Gasteiger partial charge in [0.25, 0.3) is 0 Å². The Labute approximate surface area is 128 Å². The summed E-state index contributed by atoms with van der Waals surface area (Å²) in [5.74, 6) is -0.696. The molecule has 0 aromatic rings. The Morgan fingerprint density at radius 1 is 1.24 bits per heavy atom. The largest absolute Gasteiger partial charge is 0.480 e. The number of nitrogens with one attached hydrogen (secondary N) is 1. The first-order valence-corrected chi connectivity index (χ1v) is 8.75. The maximum atomic E-state index is 11.6. The second kappa shape index (κ2) is 5.88. The summed E-state index contributed by atoms with van der Waals surface area (Å²) >= 11 is 0. The SMILES string of the molecule is CC(CCN1CCC2(CCCC2)CC1)(NC1CC1)C(=O)O. The number of nitrogens with zero attached hydrogens (tertiary/aromatic N) is 1. The Kier molecular flexibility index (Phi) is 4.28. The van der Waals surface area contributed by atoms with Crippen LogP contribution in [-0.4, -0.2) is 47.2 Å². The number of carboxylic acids is 1. The van der Waals surface area contributed by atoms with E-state index < -0.39 is 11.5 Å². The number of hydrogen-bond donors (Lipinski definition) is 2. The molecule has 4 heteroatoms. The Morgan fingerprint density at radius 2 is 1.86 bits per heavy atom. The Balaban J connectivity index is 1.47. The van der Waals surface area contributed by atoms with Crippen molar-refractivity contribution in [3.05, 3.63) is 0 Å². The zero-order valence-electron chi connectivity index (χ0n) is 13.4. The molecular formula is C17H30N2O2. The van der Waals surface area contributed by atoms with E-state index in [0.29, 0.717) is 17.9 Å². The third kappa shape index (κ3) is 3.59. The van der Waals surface area contributed by atoms with Crippen LogP contribution in [-0.2, 0) is 4.79 Å². The molecular weight excluding hydrogens is 264 g/mol. The van der Waals surface area contributed by atoms with Gasteiger partial charge in [-0.1, -0.05) is 12.8 Å². The summed E-state index contributed by atoms with van der Waals surface area (Å²) in [5, 5.41) is 12.9. The molecule has 0 radical (unpaired) electrons. The first-order chi connectivity index (χ1) is 10.0. The van der Waals surface area contributed by atoms with Gasteiger partial charge in [0.2, 0.25) is 0 Å².